The number of aryl methyl sites for hydroxylation is 1. The molecule has 0 radical (unpaired) electrons. The lowest BCUT2D eigenvalue weighted by Crippen LogP contribution is -2.59. The van der Waals surface area contributed by atoms with Gasteiger partial charge in [0, 0.05) is 19.8 Å². The number of rotatable bonds is 1. The molecule has 8 heteroatoms. The van der Waals surface area contributed by atoms with Crippen molar-refractivity contribution in [3.05, 3.63) is 18.0 Å². The number of amides is 4. The van der Waals surface area contributed by atoms with Gasteiger partial charge >= 0.3 is 6.03 Å². The van der Waals surface area contributed by atoms with Crippen LogP contribution in [0.1, 0.15) is 23.2 Å². The van der Waals surface area contributed by atoms with Gasteiger partial charge in [-0.25, -0.2) is 4.79 Å². The van der Waals surface area contributed by atoms with E-state index in [4.69, 9.17) is 0 Å². The molecule has 1 spiro atoms. The smallest absolute Gasteiger partial charge is 0.322 e. The Balaban J connectivity index is 1.80. The zero-order valence-corrected chi connectivity index (χ0v) is 11.0. The van der Waals surface area contributed by atoms with Crippen molar-refractivity contribution in [2.24, 2.45) is 7.05 Å². The van der Waals surface area contributed by atoms with Crippen LogP contribution in [-0.4, -0.2) is 51.2 Å². The van der Waals surface area contributed by atoms with Crippen LogP contribution in [0, 0.1) is 0 Å². The molecule has 2 aliphatic rings. The lowest BCUT2D eigenvalue weighted by atomic mass is 9.89. The van der Waals surface area contributed by atoms with E-state index in [-0.39, 0.29) is 18.4 Å². The molecule has 0 aromatic carbocycles. The molecule has 106 valence electrons. The number of imide groups is 1. The number of carbonyl (C=O) groups excluding carboxylic acids is 3. The Hall–Kier alpha value is -2.38. The SMILES string of the molecule is Cn1cc(C(=O)N2CCCC3(C2)NC(=O)NC3=O)cn1. The summed E-state index contributed by atoms with van der Waals surface area (Å²) in [7, 11) is 1.74. The van der Waals surface area contributed by atoms with E-state index < -0.39 is 11.6 Å². The first-order chi connectivity index (χ1) is 9.50. The van der Waals surface area contributed by atoms with Gasteiger partial charge in [-0.1, -0.05) is 0 Å². The quantitative estimate of drug-likeness (QED) is 0.659. The average molecular weight is 277 g/mol. The first kappa shape index (κ1) is 12.6. The number of piperidine rings is 1. The van der Waals surface area contributed by atoms with Crippen molar-refractivity contribution in [1.29, 1.82) is 0 Å². The van der Waals surface area contributed by atoms with Crippen LogP contribution in [0.25, 0.3) is 0 Å². The lowest BCUT2D eigenvalue weighted by molar-refractivity contribution is -0.125. The van der Waals surface area contributed by atoms with Gasteiger partial charge in [0.15, 0.2) is 0 Å². The molecule has 0 bridgehead atoms. The molecule has 3 heterocycles. The molecule has 1 unspecified atom stereocenters. The van der Waals surface area contributed by atoms with E-state index in [1.807, 2.05) is 0 Å². The van der Waals surface area contributed by atoms with Crippen LogP contribution < -0.4 is 10.6 Å². The van der Waals surface area contributed by atoms with Crippen LogP contribution in [0.15, 0.2) is 12.4 Å². The Bertz CT molecular complexity index is 596. The van der Waals surface area contributed by atoms with Crippen molar-refractivity contribution in [2.45, 2.75) is 18.4 Å². The van der Waals surface area contributed by atoms with Crippen molar-refractivity contribution >= 4 is 17.8 Å². The summed E-state index contributed by atoms with van der Waals surface area (Å²) in [5.74, 6) is -0.530. The van der Waals surface area contributed by atoms with Gasteiger partial charge in [0.05, 0.1) is 18.3 Å². The molecule has 2 fully saturated rings. The Morgan fingerprint density at radius 1 is 1.45 bits per heavy atom. The third-order valence-corrected chi connectivity index (χ3v) is 3.75. The Kier molecular flexibility index (Phi) is 2.73. The molecule has 3 rings (SSSR count). The topological polar surface area (TPSA) is 96.3 Å². The summed E-state index contributed by atoms with van der Waals surface area (Å²) in [6.45, 7) is 0.761. The summed E-state index contributed by atoms with van der Waals surface area (Å²) < 4.78 is 1.55. The van der Waals surface area contributed by atoms with Gasteiger partial charge in [0.2, 0.25) is 0 Å². The highest BCUT2D eigenvalue weighted by Crippen LogP contribution is 2.25. The van der Waals surface area contributed by atoms with Crippen molar-refractivity contribution in [3.8, 4) is 0 Å². The van der Waals surface area contributed by atoms with Crippen LogP contribution >= 0.6 is 0 Å². The summed E-state index contributed by atoms with van der Waals surface area (Å²) in [6.07, 6.45) is 4.34. The largest absolute Gasteiger partial charge is 0.336 e. The second-order valence-corrected chi connectivity index (χ2v) is 5.22. The molecule has 8 nitrogen and oxygen atoms in total. The molecule has 1 aromatic heterocycles. The van der Waals surface area contributed by atoms with Gasteiger partial charge in [0.25, 0.3) is 11.8 Å². The molecule has 2 saturated heterocycles. The second-order valence-electron chi connectivity index (χ2n) is 5.22. The fourth-order valence-corrected chi connectivity index (χ4v) is 2.76. The van der Waals surface area contributed by atoms with Crippen LogP contribution in [-0.2, 0) is 11.8 Å². The molecule has 2 aliphatic heterocycles. The minimum atomic E-state index is -0.979. The Morgan fingerprint density at radius 2 is 2.25 bits per heavy atom. The maximum Gasteiger partial charge on any atom is 0.322 e. The zero-order valence-electron chi connectivity index (χ0n) is 11.0. The third kappa shape index (κ3) is 1.93. The van der Waals surface area contributed by atoms with Crippen molar-refractivity contribution in [2.75, 3.05) is 13.1 Å². The molecule has 1 atom stereocenters. The van der Waals surface area contributed by atoms with Crippen LogP contribution in [0.2, 0.25) is 0 Å². The maximum absolute atomic E-state index is 12.4. The highest BCUT2D eigenvalue weighted by Gasteiger charge is 2.49. The molecular formula is C12H15N5O3. The van der Waals surface area contributed by atoms with Gasteiger partial charge in [-0.15, -0.1) is 0 Å². The Morgan fingerprint density at radius 3 is 2.85 bits per heavy atom. The lowest BCUT2D eigenvalue weighted by Gasteiger charge is -2.37. The number of aromatic nitrogens is 2. The summed E-state index contributed by atoms with van der Waals surface area (Å²) in [4.78, 5) is 37.2. The minimum absolute atomic E-state index is 0.175. The van der Waals surface area contributed by atoms with Gasteiger partial charge in [0.1, 0.15) is 5.54 Å². The van der Waals surface area contributed by atoms with E-state index in [0.717, 1.165) is 0 Å². The summed E-state index contributed by atoms with van der Waals surface area (Å²) in [5, 5.41) is 8.85. The van der Waals surface area contributed by atoms with Crippen molar-refractivity contribution in [1.82, 2.24) is 25.3 Å². The summed E-state index contributed by atoms with van der Waals surface area (Å²) in [6, 6.07) is -0.495. The predicted molar refractivity (Wildman–Crippen MR) is 67.8 cm³/mol. The molecule has 2 N–H and O–H groups in total. The monoisotopic (exact) mass is 277 g/mol. The summed E-state index contributed by atoms with van der Waals surface area (Å²) in [5.41, 5.74) is -0.498. The second kappa shape index (κ2) is 4.32. The van der Waals surface area contributed by atoms with E-state index in [0.29, 0.717) is 24.9 Å². The highest BCUT2D eigenvalue weighted by molar-refractivity contribution is 6.07. The van der Waals surface area contributed by atoms with Crippen LogP contribution in [0.3, 0.4) is 0 Å². The minimum Gasteiger partial charge on any atom is -0.336 e. The molecule has 0 aliphatic carbocycles. The fraction of sp³-hybridized carbons (Fsp3) is 0.500. The zero-order chi connectivity index (χ0) is 14.3. The van der Waals surface area contributed by atoms with E-state index in [1.165, 1.54) is 6.20 Å². The molecule has 0 saturated carbocycles. The fourth-order valence-electron chi connectivity index (χ4n) is 2.76. The summed E-state index contributed by atoms with van der Waals surface area (Å²) >= 11 is 0. The number of hydrogen-bond acceptors (Lipinski definition) is 4. The molecule has 1 aromatic rings. The standard InChI is InChI=1S/C12H15N5O3/c1-16-6-8(5-13-16)9(18)17-4-2-3-12(7-17)10(19)14-11(20)15-12/h5-6H,2-4,7H2,1H3,(H2,14,15,19,20). The predicted octanol–water partition coefficient (Wildman–Crippen LogP) is -0.766. The van der Waals surface area contributed by atoms with Crippen LogP contribution in [0.5, 0.6) is 0 Å². The van der Waals surface area contributed by atoms with E-state index in [1.54, 1.807) is 22.8 Å². The highest BCUT2D eigenvalue weighted by atomic mass is 16.2. The van der Waals surface area contributed by atoms with Gasteiger partial charge in [-0.2, -0.15) is 5.10 Å². The van der Waals surface area contributed by atoms with E-state index in [9.17, 15) is 14.4 Å². The van der Waals surface area contributed by atoms with Crippen LogP contribution in [0.4, 0.5) is 4.79 Å². The van der Waals surface area contributed by atoms with E-state index >= 15 is 0 Å². The van der Waals surface area contributed by atoms with Crippen molar-refractivity contribution < 1.29 is 14.4 Å². The number of nitrogens with zero attached hydrogens (tertiary/aromatic N) is 3. The van der Waals surface area contributed by atoms with Gasteiger partial charge in [-0.05, 0) is 12.8 Å². The Labute approximate surface area is 115 Å². The normalized spacial score (nSPS) is 25.8. The molecular weight excluding hydrogens is 262 g/mol. The van der Waals surface area contributed by atoms with Gasteiger partial charge in [-0.3, -0.25) is 19.6 Å². The van der Waals surface area contributed by atoms with Crippen molar-refractivity contribution in [3.63, 3.8) is 0 Å². The van der Waals surface area contributed by atoms with Gasteiger partial charge < -0.3 is 10.2 Å². The maximum atomic E-state index is 12.4. The number of likely N-dealkylation sites (tertiary alicyclic amines) is 1. The molecule has 20 heavy (non-hydrogen) atoms. The average Bonchev–Trinajstić information content (AvgIpc) is 2.94. The first-order valence-electron chi connectivity index (χ1n) is 6.42. The molecule has 4 amide bonds. The van der Waals surface area contributed by atoms with E-state index in [2.05, 4.69) is 15.7 Å². The first-order valence-corrected chi connectivity index (χ1v) is 6.42. The number of urea groups is 1. The number of carbonyl (C=O) groups is 3. The number of nitrogens with one attached hydrogen (secondary N) is 2. The number of hydrogen-bond donors (Lipinski definition) is 2. The third-order valence-electron chi connectivity index (χ3n) is 3.75.